The van der Waals surface area contributed by atoms with Crippen LogP contribution < -0.4 is 10.1 Å². The summed E-state index contributed by atoms with van der Waals surface area (Å²) in [5.41, 5.74) is 3.20. The maximum atomic E-state index is 12.6. The number of carbonyl (C=O) groups is 1. The second-order valence-electron chi connectivity index (χ2n) is 5.73. The van der Waals surface area contributed by atoms with Gasteiger partial charge in [0.15, 0.2) is 5.78 Å². The van der Waals surface area contributed by atoms with E-state index in [2.05, 4.69) is 15.3 Å². The summed E-state index contributed by atoms with van der Waals surface area (Å²) in [5, 5.41) is 12.0. The van der Waals surface area contributed by atoms with E-state index in [1.807, 2.05) is 18.2 Å². The molecule has 0 radical (unpaired) electrons. The molecule has 3 N–H and O–H groups in total. The molecule has 0 amide bonds. The van der Waals surface area contributed by atoms with Crippen molar-refractivity contribution in [1.82, 2.24) is 9.97 Å². The zero-order valence-electron chi connectivity index (χ0n) is 14.1. The molecule has 0 spiro atoms. The van der Waals surface area contributed by atoms with Crippen LogP contribution >= 0.6 is 0 Å². The van der Waals surface area contributed by atoms with E-state index in [1.165, 1.54) is 0 Å². The Hall–Kier alpha value is -2.86. The third-order valence-electron chi connectivity index (χ3n) is 3.99. The SMILES string of the molecule is COc1ccc(C(=O)Cc2cccc3[nH]c(NCCCO)nc23)cc1. The van der Waals surface area contributed by atoms with E-state index >= 15 is 0 Å². The molecule has 0 atom stereocenters. The molecule has 6 nitrogen and oxygen atoms in total. The quantitative estimate of drug-likeness (QED) is 0.434. The van der Waals surface area contributed by atoms with Crippen molar-refractivity contribution in [2.24, 2.45) is 0 Å². The summed E-state index contributed by atoms with van der Waals surface area (Å²) in [5.74, 6) is 1.41. The minimum absolute atomic E-state index is 0.0351. The highest BCUT2D eigenvalue weighted by Crippen LogP contribution is 2.21. The van der Waals surface area contributed by atoms with Gasteiger partial charge in [0.25, 0.3) is 0 Å². The lowest BCUT2D eigenvalue weighted by molar-refractivity contribution is 0.0993. The number of ether oxygens (including phenoxy) is 1. The number of Topliss-reactive ketones (excluding diaryl/α,β-unsaturated/α-hetero) is 1. The first-order valence-electron chi connectivity index (χ1n) is 8.21. The second-order valence-corrected chi connectivity index (χ2v) is 5.73. The highest BCUT2D eigenvalue weighted by molar-refractivity contribution is 5.99. The van der Waals surface area contributed by atoms with Crippen LogP contribution in [0.1, 0.15) is 22.3 Å². The van der Waals surface area contributed by atoms with Crippen LogP contribution in [0.3, 0.4) is 0 Å². The van der Waals surface area contributed by atoms with Crippen LogP contribution in [0, 0.1) is 0 Å². The summed E-state index contributed by atoms with van der Waals surface area (Å²) in [6.07, 6.45) is 0.935. The number of anilines is 1. The first kappa shape index (κ1) is 17.0. The molecule has 25 heavy (non-hydrogen) atoms. The molecule has 0 fully saturated rings. The fraction of sp³-hybridized carbons (Fsp3) is 0.263. The standard InChI is InChI=1S/C19H21N3O3/c1-25-15-8-6-13(7-9-15)17(24)12-14-4-2-5-16-18(14)22-19(21-16)20-10-3-11-23/h2,4-9,23H,3,10-12H2,1H3,(H2,20,21,22). The van der Waals surface area contributed by atoms with Crippen LogP contribution in [0.25, 0.3) is 11.0 Å². The van der Waals surface area contributed by atoms with Crippen molar-refractivity contribution >= 4 is 22.8 Å². The molecular formula is C19H21N3O3. The number of H-pyrrole nitrogens is 1. The number of ketones is 1. The van der Waals surface area contributed by atoms with Gasteiger partial charge in [0, 0.05) is 25.1 Å². The van der Waals surface area contributed by atoms with Gasteiger partial charge in [0.2, 0.25) is 5.95 Å². The van der Waals surface area contributed by atoms with Crippen LogP contribution in [-0.2, 0) is 6.42 Å². The van der Waals surface area contributed by atoms with Crippen LogP contribution in [0.5, 0.6) is 5.75 Å². The lowest BCUT2D eigenvalue weighted by Gasteiger charge is -2.04. The molecule has 1 aromatic heterocycles. The maximum Gasteiger partial charge on any atom is 0.201 e. The van der Waals surface area contributed by atoms with Crippen molar-refractivity contribution in [3.63, 3.8) is 0 Å². The van der Waals surface area contributed by atoms with Crippen molar-refractivity contribution in [1.29, 1.82) is 0 Å². The smallest absolute Gasteiger partial charge is 0.201 e. The number of aliphatic hydroxyl groups is 1. The largest absolute Gasteiger partial charge is 0.497 e. The molecule has 1 heterocycles. The second kappa shape index (κ2) is 7.81. The molecule has 0 saturated heterocycles. The topological polar surface area (TPSA) is 87.2 Å². The number of benzene rings is 2. The van der Waals surface area contributed by atoms with E-state index < -0.39 is 0 Å². The van der Waals surface area contributed by atoms with E-state index in [-0.39, 0.29) is 18.8 Å². The maximum absolute atomic E-state index is 12.6. The summed E-state index contributed by atoms with van der Waals surface area (Å²) in [4.78, 5) is 20.3. The highest BCUT2D eigenvalue weighted by atomic mass is 16.5. The van der Waals surface area contributed by atoms with Gasteiger partial charge in [-0.15, -0.1) is 0 Å². The van der Waals surface area contributed by atoms with Crippen molar-refractivity contribution in [3.05, 3.63) is 53.6 Å². The molecule has 3 aromatic rings. The minimum Gasteiger partial charge on any atom is -0.497 e. The Morgan fingerprint density at radius 2 is 2.04 bits per heavy atom. The van der Waals surface area contributed by atoms with E-state index in [4.69, 9.17) is 9.84 Å². The average molecular weight is 339 g/mol. The van der Waals surface area contributed by atoms with Gasteiger partial charge in [-0.3, -0.25) is 4.79 Å². The number of methoxy groups -OCH3 is 1. The van der Waals surface area contributed by atoms with Gasteiger partial charge in [-0.25, -0.2) is 4.98 Å². The van der Waals surface area contributed by atoms with Crippen LogP contribution in [0.15, 0.2) is 42.5 Å². The monoisotopic (exact) mass is 339 g/mol. The molecule has 2 aromatic carbocycles. The van der Waals surface area contributed by atoms with E-state index in [0.717, 1.165) is 22.3 Å². The molecule has 0 aliphatic rings. The van der Waals surface area contributed by atoms with Crippen molar-refractivity contribution in [3.8, 4) is 5.75 Å². The summed E-state index contributed by atoms with van der Waals surface area (Å²) < 4.78 is 5.12. The van der Waals surface area contributed by atoms with Crippen LogP contribution in [-0.4, -0.2) is 41.1 Å². The van der Waals surface area contributed by atoms with Gasteiger partial charge in [-0.05, 0) is 42.3 Å². The molecule has 0 aliphatic heterocycles. The number of hydrogen-bond donors (Lipinski definition) is 3. The summed E-state index contributed by atoms with van der Waals surface area (Å²) in [6, 6.07) is 12.9. The van der Waals surface area contributed by atoms with Crippen molar-refractivity contribution in [2.75, 3.05) is 25.6 Å². The molecule has 130 valence electrons. The average Bonchev–Trinajstić information content (AvgIpc) is 3.06. The van der Waals surface area contributed by atoms with Gasteiger partial charge in [0.05, 0.1) is 18.1 Å². The van der Waals surface area contributed by atoms with Gasteiger partial charge in [0.1, 0.15) is 5.75 Å². The molecule has 0 unspecified atom stereocenters. The minimum atomic E-state index is 0.0351. The normalized spacial score (nSPS) is 10.8. The summed E-state index contributed by atoms with van der Waals surface area (Å²) >= 11 is 0. The Bertz CT molecular complexity index is 856. The number of imidazole rings is 1. The summed E-state index contributed by atoms with van der Waals surface area (Å²) in [7, 11) is 1.60. The Labute approximate surface area is 145 Å². The Kier molecular flexibility index (Phi) is 5.30. The highest BCUT2D eigenvalue weighted by Gasteiger charge is 2.12. The molecule has 0 aliphatic carbocycles. The van der Waals surface area contributed by atoms with Crippen molar-refractivity contribution < 1.29 is 14.6 Å². The van der Waals surface area contributed by atoms with Gasteiger partial charge in [-0.1, -0.05) is 12.1 Å². The number of carbonyl (C=O) groups excluding carboxylic acids is 1. The Balaban J connectivity index is 1.78. The fourth-order valence-corrected chi connectivity index (χ4v) is 2.66. The molecule has 0 saturated carbocycles. The number of hydrogen-bond acceptors (Lipinski definition) is 5. The molecule has 6 heteroatoms. The first-order chi connectivity index (χ1) is 12.2. The Morgan fingerprint density at radius 1 is 1.24 bits per heavy atom. The lowest BCUT2D eigenvalue weighted by Crippen LogP contribution is -2.05. The fourth-order valence-electron chi connectivity index (χ4n) is 2.66. The predicted molar refractivity (Wildman–Crippen MR) is 97.3 cm³/mol. The zero-order valence-corrected chi connectivity index (χ0v) is 14.1. The van der Waals surface area contributed by atoms with Gasteiger partial charge < -0.3 is 20.1 Å². The number of aromatic nitrogens is 2. The number of rotatable bonds is 8. The van der Waals surface area contributed by atoms with E-state index in [0.29, 0.717) is 24.5 Å². The number of para-hydroxylation sites is 1. The first-order valence-corrected chi connectivity index (χ1v) is 8.21. The van der Waals surface area contributed by atoms with E-state index in [1.54, 1.807) is 31.4 Å². The molecule has 0 bridgehead atoms. The van der Waals surface area contributed by atoms with Crippen LogP contribution in [0.2, 0.25) is 0 Å². The molecule has 3 rings (SSSR count). The zero-order chi connectivity index (χ0) is 17.6. The van der Waals surface area contributed by atoms with Crippen LogP contribution in [0.4, 0.5) is 5.95 Å². The lowest BCUT2D eigenvalue weighted by atomic mass is 10.0. The number of nitrogens with one attached hydrogen (secondary N) is 2. The number of fused-ring (bicyclic) bond motifs is 1. The summed E-state index contributed by atoms with van der Waals surface area (Å²) in [6.45, 7) is 0.769. The third-order valence-corrected chi connectivity index (χ3v) is 3.99. The predicted octanol–water partition coefficient (Wildman–Crippen LogP) is 2.79. The number of aromatic amines is 1. The number of aliphatic hydroxyl groups excluding tert-OH is 1. The van der Waals surface area contributed by atoms with Gasteiger partial charge >= 0.3 is 0 Å². The number of nitrogens with zero attached hydrogens (tertiary/aromatic N) is 1. The van der Waals surface area contributed by atoms with Gasteiger partial charge in [-0.2, -0.15) is 0 Å². The van der Waals surface area contributed by atoms with E-state index in [9.17, 15) is 4.79 Å². The van der Waals surface area contributed by atoms with Crippen molar-refractivity contribution in [2.45, 2.75) is 12.8 Å². The molecular weight excluding hydrogens is 318 g/mol. The Morgan fingerprint density at radius 3 is 2.76 bits per heavy atom. The third kappa shape index (κ3) is 3.97.